The van der Waals surface area contributed by atoms with Crippen molar-refractivity contribution in [1.29, 1.82) is 0 Å². The van der Waals surface area contributed by atoms with Crippen molar-refractivity contribution < 1.29 is 8.78 Å². The van der Waals surface area contributed by atoms with E-state index in [9.17, 15) is 8.78 Å². The van der Waals surface area contributed by atoms with Gasteiger partial charge in [0.2, 0.25) is 0 Å². The molecule has 3 atom stereocenters. The standard InChI is InChI=1S/C10H17F2N/c1-7-8(10(7,11)12)9(2)5-4-6-13(9)3/h7-8H,4-6H2,1-3H3. The van der Waals surface area contributed by atoms with Gasteiger partial charge in [-0.2, -0.15) is 0 Å². The summed E-state index contributed by atoms with van der Waals surface area (Å²) in [6.45, 7) is 4.62. The van der Waals surface area contributed by atoms with Crippen molar-refractivity contribution >= 4 is 0 Å². The largest absolute Gasteiger partial charge is 0.300 e. The third-order valence-corrected chi connectivity index (χ3v) is 4.13. The molecule has 3 unspecified atom stereocenters. The second-order valence-electron chi connectivity index (χ2n) is 4.82. The molecule has 1 aliphatic carbocycles. The van der Waals surface area contributed by atoms with Crippen LogP contribution in [-0.2, 0) is 0 Å². The topological polar surface area (TPSA) is 3.24 Å². The number of rotatable bonds is 1. The number of likely N-dealkylation sites (tertiary alicyclic amines) is 1. The van der Waals surface area contributed by atoms with Crippen molar-refractivity contribution in [3.63, 3.8) is 0 Å². The fourth-order valence-corrected chi connectivity index (χ4v) is 2.95. The highest BCUT2D eigenvalue weighted by Gasteiger charge is 2.72. The van der Waals surface area contributed by atoms with E-state index in [1.165, 1.54) is 0 Å². The van der Waals surface area contributed by atoms with E-state index in [1.54, 1.807) is 6.92 Å². The van der Waals surface area contributed by atoms with Gasteiger partial charge >= 0.3 is 0 Å². The number of halogens is 2. The molecule has 0 radical (unpaired) electrons. The van der Waals surface area contributed by atoms with E-state index < -0.39 is 17.8 Å². The summed E-state index contributed by atoms with van der Waals surface area (Å²) in [7, 11) is 1.97. The minimum atomic E-state index is -2.41. The summed E-state index contributed by atoms with van der Waals surface area (Å²) < 4.78 is 26.5. The Balaban J connectivity index is 2.18. The lowest BCUT2D eigenvalue weighted by molar-refractivity contribution is 0.0449. The summed E-state index contributed by atoms with van der Waals surface area (Å²) >= 11 is 0. The fourth-order valence-electron chi connectivity index (χ4n) is 2.95. The Morgan fingerprint density at radius 3 is 2.23 bits per heavy atom. The van der Waals surface area contributed by atoms with Gasteiger partial charge in [-0.25, -0.2) is 8.78 Å². The van der Waals surface area contributed by atoms with E-state index in [0.29, 0.717) is 0 Å². The van der Waals surface area contributed by atoms with Gasteiger partial charge in [-0.3, -0.25) is 0 Å². The van der Waals surface area contributed by atoms with Crippen LogP contribution >= 0.6 is 0 Å². The zero-order valence-corrected chi connectivity index (χ0v) is 8.48. The molecule has 2 rings (SSSR count). The average molecular weight is 189 g/mol. The maximum absolute atomic E-state index is 13.2. The predicted octanol–water partition coefficient (Wildman–Crippen LogP) is 2.37. The van der Waals surface area contributed by atoms with Crippen molar-refractivity contribution in [2.75, 3.05) is 13.6 Å². The molecular weight excluding hydrogens is 172 g/mol. The monoisotopic (exact) mass is 189 g/mol. The Hall–Kier alpha value is -0.180. The number of hydrogen-bond acceptors (Lipinski definition) is 1. The maximum atomic E-state index is 13.2. The molecule has 13 heavy (non-hydrogen) atoms. The van der Waals surface area contributed by atoms with Crippen LogP contribution in [0.5, 0.6) is 0 Å². The lowest BCUT2D eigenvalue weighted by atomic mass is 9.91. The highest BCUT2D eigenvalue weighted by atomic mass is 19.3. The van der Waals surface area contributed by atoms with Gasteiger partial charge in [-0.1, -0.05) is 6.92 Å². The summed E-state index contributed by atoms with van der Waals surface area (Å²) in [6, 6.07) is 0. The molecule has 1 nitrogen and oxygen atoms in total. The average Bonchev–Trinajstić information content (AvgIpc) is 2.35. The van der Waals surface area contributed by atoms with Gasteiger partial charge in [-0.15, -0.1) is 0 Å². The van der Waals surface area contributed by atoms with Gasteiger partial charge in [0.1, 0.15) is 0 Å². The van der Waals surface area contributed by atoms with Crippen molar-refractivity contribution in [2.45, 2.75) is 38.2 Å². The van der Waals surface area contributed by atoms with Crippen LogP contribution in [0.1, 0.15) is 26.7 Å². The lowest BCUT2D eigenvalue weighted by Crippen LogP contribution is -2.42. The molecular formula is C10H17F2N. The van der Waals surface area contributed by atoms with Gasteiger partial charge in [0.05, 0.1) is 0 Å². The van der Waals surface area contributed by atoms with Crippen molar-refractivity contribution in [2.24, 2.45) is 11.8 Å². The van der Waals surface area contributed by atoms with E-state index in [-0.39, 0.29) is 5.54 Å². The predicted molar refractivity (Wildman–Crippen MR) is 47.9 cm³/mol. The quantitative estimate of drug-likeness (QED) is 0.612. The van der Waals surface area contributed by atoms with Crippen LogP contribution in [0.4, 0.5) is 8.78 Å². The Bertz CT molecular complexity index is 229. The molecule has 0 amide bonds. The minimum absolute atomic E-state index is 0.247. The minimum Gasteiger partial charge on any atom is -0.300 e. The zero-order chi connectivity index (χ0) is 9.85. The molecule has 0 N–H and O–H groups in total. The second kappa shape index (κ2) is 2.44. The van der Waals surface area contributed by atoms with Gasteiger partial charge in [0, 0.05) is 17.4 Å². The Kier molecular flexibility index (Phi) is 1.76. The first-order valence-electron chi connectivity index (χ1n) is 5.00. The maximum Gasteiger partial charge on any atom is 0.256 e. The van der Waals surface area contributed by atoms with E-state index >= 15 is 0 Å². The van der Waals surface area contributed by atoms with Gasteiger partial charge in [0.15, 0.2) is 0 Å². The highest BCUT2D eigenvalue weighted by Crippen LogP contribution is 2.62. The molecule has 1 heterocycles. The van der Waals surface area contributed by atoms with Gasteiger partial charge in [0.25, 0.3) is 5.92 Å². The van der Waals surface area contributed by atoms with Crippen LogP contribution in [0.2, 0.25) is 0 Å². The molecule has 0 bridgehead atoms. The Morgan fingerprint density at radius 1 is 1.38 bits per heavy atom. The van der Waals surface area contributed by atoms with E-state index in [4.69, 9.17) is 0 Å². The molecule has 3 heteroatoms. The molecule has 1 saturated heterocycles. The van der Waals surface area contributed by atoms with E-state index in [0.717, 1.165) is 19.4 Å². The normalized spacial score (nSPS) is 49.6. The molecule has 1 saturated carbocycles. The molecule has 1 aliphatic heterocycles. The SMILES string of the molecule is CC1C(C2(C)CCCN2C)C1(F)F. The first-order valence-corrected chi connectivity index (χ1v) is 5.00. The lowest BCUT2D eigenvalue weighted by Gasteiger charge is -2.32. The Morgan fingerprint density at radius 2 is 1.92 bits per heavy atom. The van der Waals surface area contributed by atoms with Gasteiger partial charge < -0.3 is 4.90 Å². The molecule has 0 aromatic heterocycles. The summed E-state index contributed by atoms with van der Waals surface area (Å²) in [5, 5.41) is 0. The van der Waals surface area contributed by atoms with E-state index in [2.05, 4.69) is 4.90 Å². The van der Waals surface area contributed by atoms with Crippen LogP contribution in [0, 0.1) is 11.8 Å². The summed E-state index contributed by atoms with van der Waals surface area (Å²) in [4.78, 5) is 2.11. The molecule has 0 spiro atoms. The molecule has 76 valence electrons. The third kappa shape index (κ3) is 1.06. The van der Waals surface area contributed by atoms with Crippen LogP contribution in [0.15, 0.2) is 0 Å². The number of hydrogen-bond donors (Lipinski definition) is 0. The highest BCUT2D eigenvalue weighted by molar-refractivity contribution is 5.15. The summed E-state index contributed by atoms with van der Waals surface area (Å²) in [5.74, 6) is -3.24. The van der Waals surface area contributed by atoms with Crippen molar-refractivity contribution in [3.8, 4) is 0 Å². The molecule has 0 aromatic rings. The summed E-state index contributed by atoms with van der Waals surface area (Å²) in [5.41, 5.74) is -0.247. The van der Waals surface area contributed by atoms with Crippen LogP contribution < -0.4 is 0 Å². The van der Waals surface area contributed by atoms with Crippen LogP contribution in [0.3, 0.4) is 0 Å². The molecule has 2 fully saturated rings. The Labute approximate surface area is 78.1 Å². The zero-order valence-electron chi connectivity index (χ0n) is 8.48. The summed E-state index contributed by atoms with van der Waals surface area (Å²) in [6.07, 6.45) is 1.99. The molecule has 2 aliphatic rings. The first kappa shape index (κ1) is 9.38. The fraction of sp³-hybridized carbons (Fsp3) is 1.00. The smallest absolute Gasteiger partial charge is 0.256 e. The third-order valence-electron chi connectivity index (χ3n) is 4.13. The number of alkyl halides is 2. The second-order valence-corrected chi connectivity index (χ2v) is 4.82. The van der Waals surface area contributed by atoms with E-state index in [1.807, 2.05) is 14.0 Å². The van der Waals surface area contributed by atoms with Crippen LogP contribution in [0.25, 0.3) is 0 Å². The van der Waals surface area contributed by atoms with Crippen molar-refractivity contribution in [3.05, 3.63) is 0 Å². The van der Waals surface area contributed by atoms with Gasteiger partial charge in [-0.05, 0) is 33.4 Å². The van der Waals surface area contributed by atoms with Crippen LogP contribution in [-0.4, -0.2) is 30.0 Å². The first-order chi connectivity index (χ1) is 5.90. The number of nitrogens with zero attached hydrogens (tertiary/aromatic N) is 1. The molecule has 0 aromatic carbocycles. The van der Waals surface area contributed by atoms with Crippen molar-refractivity contribution in [1.82, 2.24) is 4.90 Å².